The van der Waals surface area contributed by atoms with Gasteiger partial charge in [0, 0.05) is 24.8 Å². The summed E-state index contributed by atoms with van der Waals surface area (Å²) in [4.78, 5) is 2.28. The molecule has 0 spiro atoms. The van der Waals surface area contributed by atoms with E-state index in [1.54, 1.807) is 6.07 Å². The van der Waals surface area contributed by atoms with E-state index in [9.17, 15) is 4.39 Å². The van der Waals surface area contributed by atoms with Gasteiger partial charge in [-0.1, -0.05) is 25.1 Å². The monoisotopic (exact) mass is 268 g/mol. The van der Waals surface area contributed by atoms with E-state index in [1.165, 1.54) is 6.07 Å². The Morgan fingerprint density at radius 1 is 1.32 bits per heavy atom. The van der Waals surface area contributed by atoms with Crippen LogP contribution in [0.3, 0.4) is 0 Å². The molecule has 0 saturated heterocycles. The molecule has 0 radical (unpaired) electrons. The Labute approximate surface area is 115 Å². The van der Waals surface area contributed by atoms with E-state index >= 15 is 0 Å². The molecule has 0 aliphatic heterocycles. The van der Waals surface area contributed by atoms with Crippen molar-refractivity contribution in [3.8, 4) is 0 Å². The van der Waals surface area contributed by atoms with Gasteiger partial charge in [0.25, 0.3) is 0 Å². The number of aliphatic hydroxyl groups is 1. The fourth-order valence-electron chi connectivity index (χ4n) is 2.25. The molecule has 1 atom stereocenters. The first kappa shape index (κ1) is 16.1. The molecule has 4 heteroatoms. The van der Waals surface area contributed by atoms with Crippen LogP contribution in [-0.2, 0) is 0 Å². The predicted molar refractivity (Wildman–Crippen MR) is 76.6 cm³/mol. The van der Waals surface area contributed by atoms with E-state index in [2.05, 4.69) is 17.1 Å². The third-order valence-corrected chi connectivity index (χ3v) is 3.44. The SMILES string of the molecule is CCN(CCCO)CCC(NC)c1ccccc1F. The number of halogens is 1. The van der Waals surface area contributed by atoms with Gasteiger partial charge >= 0.3 is 0 Å². The highest BCUT2D eigenvalue weighted by atomic mass is 19.1. The van der Waals surface area contributed by atoms with Crippen LogP contribution >= 0.6 is 0 Å². The summed E-state index contributed by atoms with van der Waals surface area (Å²) in [6.07, 6.45) is 1.65. The maximum Gasteiger partial charge on any atom is 0.127 e. The second-order valence-electron chi connectivity index (χ2n) is 4.66. The Bertz CT molecular complexity index is 360. The fourth-order valence-corrected chi connectivity index (χ4v) is 2.25. The van der Waals surface area contributed by atoms with E-state index in [-0.39, 0.29) is 18.5 Å². The highest BCUT2D eigenvalue weighted by Gasteiger charge is 2.14. The molecule has 19 heavy (non-hydrogen) atoms. The van der Waals surface area contributed by atoms with Crippen LogP contribution in [0.2, 0.25) is 0 Å². The topological polar surface area (TPSA) is 35.5 Å². The van der Waals surface area contributed by atoms with Crippen LogP contribution in [-0.4, -0.2) is 43.3 Å². The molecule has 108 valence electrons. The summed E-state index contributed by atoms with van der Waals surface area (Å²) in [7, 11) is 1.86. The molecular weight excluding hydrogens is 243 g/mol. The van der Waals surface area contributed by atoms with Crippen LogP contribution < -0.4 is 5.32 Å². The first-order valence-corrected chi connectivity index (χ1v) is 6.97. The zero-order valence-corrected chi connectivity index (χ0v) is 11.9. The smallest absolute Gasteiger partial charge is 0.127 e. The lowest BCUT2D eigenvalue weighted by Crippen LogP contribution is -2.30. The molecule has 3 nitrogen and oxygen atoms in total. The van der Waals surface area contributed by atoms with Crippen molar-refractivity contribution in [3.63, 3.8) is 0 Å². The molecule has 0 aromatic heterocycles. The van der Waals surface area contributed by atoms with Crippen LogP contribution in [0.5, 0.6) is 0 Å². The summed E-state index contributed by atoms with van der Waals surface area (Å²) in [6.45, 7) is 5.07. The molecule has 1 unspecified atom stereocenters. The molecule has 0 aliphatic rings. The van der Waals surface area contributed by atoms with Crippen molar-refractivity contribution >= 4 is 0 Å². The summed E-state index contributed by atoms with van der Waals surface area (Å²) in [5.41, 5.74) is 0.725. The highest BCUT2D eigenvalue weighted by Crippen LogP contribution is 2.19. The lowest BCUT2D eigenvalue weighted by molar-refractivity contribution is 0.223. The molecular formula is C15H25FN2O. The van der Waals surface area contributed by atoms with E-state index < -0.39 is 0 Å². The molecule has 0 bridgehead atoms. The van der Waals surface area contributed by atoms with Crippen molar-refractivity contribution in [2.45, 2.75) is 25.8 Å². The van der Waals surface area contributed by atoms with Crippen LogP contribution in [0.4, 0.5) is 4.39 Å². The minimum absolute atomic E-state index is 0.0318. The molecule has 0 saturated carbocycles. The maximum absolute atomic E-state index is 13.7. The van der Waals surface area contributed by atoms with E-state index in [0.717, 1.165) is 38.0 Å². The molecule has 0 aliphatic carbocycles. The summed E-state index contributed by atoms with van der Waals surface area (Å²) < 4.78 is 13.7. The first-order valence-electron chi connectivity index (χ1n) is 6.97. The normalized spacial score (nSPS) is 12.9. The van der Waals surface area contributed by atoms with Gasteiger partial charge in [0.05, 0.1) is 0 Å². The molecule has 1 aromatic carbocycles. The molecule has 1 aromatic rings. The van der Waals surface area contributed by atoms with Gasteiger partial charge < -0.3 is 15.3 Å². The van der Waals surface area contributed by atoms with Gasteiger partial charge in [0.2, 0.25) is 0 Å². The molecule has 0 amide bonds. The van der Waals surface area contributed by atoms with Gasteiger partial charge in [0.1, 0.15) is 5.82 Å². The van der Waals surface area contributed by atoms with Gasteiger partial charge in [-0.15, -0.1) is 0 Å². The summed E-state index contributed by atoms with van der Waals surface area (Å²) >= 11 is 0. The number of benzene rings is 1. The fraction of sp³-hybridized carbons (Fsp3) is 0.600. The number of nitrogens with one attached hydrogen (secondary N) is 1. The lowest BCUT2D eigenvalue weighted by Gasteiger charge is -2.24. The Morgan fingerprint density at radius 2 is 2.05 bits per heavy atom. The highest BCUT2D eigenvalue weighted by molar-refractivity contribution is 5.21. The van der Waals surface area contributed by atoms with Crippen LogP contribution in [0, 0.1) is 5.82 Å². The molecule has 0 fully saturated rings. The lowest BCUT2D eigenvalue weighted by atomic mass is 10.0. The minimum Gasteiger partial charge on any atom is -0.396 e. The summed E-state index contributed by atoms with van der Waals surface area (Å²) in [5.74, 6) is -0.153. The maximum atomic E-state index is 13.7. The average Bonchev–Trinajstić information content (AvgIpc) is 2.44. The third-order valence-electron chi connectivity index (χ3n) is 3.44. The number of hydrogen-bond donors (Lipinski definition) is 2. The number of rotatable bonds is 9. The second-order valence-corrected chi connectivity index (χ2v) is 4.66. The van der Waals surface area contributed by atoms with Gasteiger partial charge in [-0.05, 0) is 39.0 Å². The quantitative estimate of drug-likeness (QED) is 0.720. The first-order chi connectivity index (χ1) is 9.22. The standard InChI is InChI=1S/C15H25FN2O/c1-3-18(10-6-12-19)11-9-15(17-2)13-7-4-5-8-14(13)16/h4-5,7-8,15,17,19H,3,6,9-12H2,1-2H3. The zero-order chi connectivity index (χ0) is 14.1. The largest absolute Gasteiger partial charge is 0.396 e. The van der Waals surface area contributed by atoms with E-state index in [4.69, 9.17) is 5.11 Å². The predicted octanol–water partition coefficient (Wildman–Crippen LogP) is 2.18. The second kappa shape index (κ2) is 9.02. The van der Waals surface area contributed by atoms with Gasteiger partial charge in [-0.2, -0.15) is 0 Å². The Morgan fingerprint density at radius 3 is 2.63 bits per heavy atom. The van der Waals surface area contributed by atoms with Crippen LogP contribution in [0.25, 0.3) is 0 Å². The number of hydrogen-bond acceptors (Lipinski definition) is 3. The van der Waals surface area contributed by atoms with Crippen LogP contribution in [0.15, 0.2) is 24.3 Å². The van der Waals surface area contributed by atoms with Gasteiger partial charge in [-0.3, -0.25) is 0 Å². The van der Waals surface area contributed by atoms with Crippen molar-refractivity contribution < 1.29 is 9.50 Å². The van der Waals surface area contributed by atoms with Crippen molar-refractivity contribution in [2.75, 3.05) is 33.3 Å². The summed E-state index contributed by atoms with van der Waals surface area (Å²) in [5, 5.41) is 12.0. The van der Waals surface area contributed by atoms with Gasteiger partial charge in [-0.25, -0.2) is 4.39 Å². The Kier molecular flexibility index (Phi) is 7.63. The Hall–Kier alpha value is -0.970. The van der Waals surface area contributed by atoms with Gasteiger partial charge in [0.15, 0.2) is 0 Å². The molecule has 2 N–H and O–H groups in total. The van der Waals surface area contributed by atoms with Crippen molar-refractivity contribution in [1.82, 2.24) is 10.2 Å². The van der Waals surface area contributed by atoms with Crippen molar-refractivity contribution in [3.05, 3.63) is 35.6 Å². The Balaban J connectivity index is 2.55. The molecule has 1 rings (SSSR count). The summed E-state index contributed by atoms with van der Waals surface area (Å²) in [6, 6.07) is 6.95. The molecule has 0 heterocycles. The minimum atomic E-state index is -0.153. The van der Waals surface area contributed by atoms with Crippen LogP contribution in [0.1, 0.15) is 31.4 Å². The number of aliphatic hydroxyl groups excluding tert-OH is 1. The number of nitrogens with zero attached hydrogens (tertiary/aromatic N) is 1. The van der Waals surface area contributed by atoms with Crippen molar-refractivity contribution in [2.24, 2.45) is 0 Å². The zero-order valence-electron chi connectivity index (χ0n) is 11.9. The van der Waals surface area contributed by atoms with Crippen molar-refractivity contribution in [1.29, 1.82) is 0 Å². The average molecular weight is 268 g/mol. The third kappa shape index (κ3) is 5.27. The van der Waals surface area contributed by atoms with E-state index in [1.807, 2.05) is 19.2 Å². The van der Waals surface area contributed by atoms with E-state index in [0.29, 0.717) is 0 Å².